The van der Waals surface area contributed by atoms with E-state index >= 15 is 0 Å². The first-order chi connectivity index (χ1) is 32.5. The van der Waals surface area contributed by atoms with Gasteiger partial charge in [-0.25, -0.2) is 4.98 Å². The minimum atomic E-state index is -0.633. The summed E-state index contributed by atoms with van der Waals surface area (Å²) < 4.78 is 11.8. The molecule has 4 aromatic rings. The van der Waals surface area contributed by atoms with Crippen LogP contribution < -0.4 is 31.1 Å². The van der Waals surface area contributed by atoms with Crippen LogP contribution in [0.2, 0.25) is 0 Å². The molecule has 2 aromatic carbocycles. The summed E-state index contributed by atoms with van der Waals surface area (Å²) in [6.45, 7) is 13.4. The Balaban J connectivity index is 0.634. The van der Waals surface area contributed by atoms with E-state index in [-0.39, 0.29) is 52.3 Å². The normalized spacial score (nSPS) is 22.9. The molecule has 6 aliphatic heterocycles. The first-order valence-corrected chi connectivity index (χ1v) is 23.5. The number of nitrogens with zero attached hydrogens (tertiary/aromatic N) is 8. The summed E-state index contributed by atoms with van der Waals surface area (Å²) in [6, 6.07) is 9.88. The smallest absolute Gasteiger partial charge is 0.255 e. The number of fused-ring (bicyclic) bond motifs is 4. The number of hydrogen-bond acceptors (Lipinski definition) is 18. The number of carbonyl (C=O) groups is 3. The highest BCUT2D eigenvalue weighted by atomic mass is 16.5. The number of piperidine rings is 1. The van der Waals surface area contributed by atoms with E-state index in [2.05, 4.69) is 52.8 Å². The van der Waals surface area contributed by atoms with Gasteiger partial charge in [-0.1, -0.05) is 6.07 Å². The number of imide groups is 1. The maximum Gasteiger partial charge on any atom is 0.255 e. The molecule has 3 unspecified atom stereocenters. The molecule has 0 aliphatic carbocycles. The van der Waals surface area contributed by atoms with Gasteiger partial charge in [0.25, 0.3) is 5.91 Å². The number of anilines is 3. The molecule has 5 saturated heterocycles. The molecule has 20 nitrogen and oxygen atoms in total. The van der Waals surface area contributed by atoms with Gasteiger partial charge in [0.15, 0.2) is 5.75 Å². The summed E-state index contributed by atoms with van der Waals surface area (Å²) in [5.74, 6) is 0.0367. The molecule has 0 radical (unpaired) electrons. The summed E-state index contributed by atoms with van der Waals surface area (Å²) in [7, 11) is 0. The van der Waals surface area contributed by atoms with Crippen molar-refractivity contribution in [1.29, 1.82) is 0 Å². The fourth-order valence-electron chi connectivity index (χ4n) is 10.4. The summed E-state index contributed by atoms with van der Waals surface area (Å²) in [6.07, 6.45) is 4.44. The lowest BCUT2D eigenvalue weighted by Crippen LogP contribution is -2.68. The Morgan fingerprint density at radius 1 is 0.866 bits per heavy atom. The molecule has 0 saturated carbocycles. The van der Waals surface area contributed by atoms with Crippen molar-refractivity contribution >= 4 is 46.1 Å². The number of rotatable bonds is 17. The van der Waals surface area contributed by atoms with Gasteiger partial charge < -0.3 is 55.4 Å². The SMILES string of the molecule is CC1(NCCOCCOCCN2CCN(CNc3cccc4c3CN(C3CCC(=O)NC3=O)C4=O)CC2)CN(c2nc(N3CC4CCC(C3)N4)c3cnc(-c4cc(O)ccc4O)c(O)c3n2)C1. The van der Waals surface area contributed by atoms with Crippen LogP contribution in [0.1, 0.15) is 48.5 Å². The van der Waals surface area contributed by atoms with Crippen molar-refractivity contribution in [3.05, 3.63) is 53.7 Å². The highest BCUT2D eigenvalue weighted by Crippen LogP contribution is 2.42. The molecule has 3 atom stereocenters. The number of hydrogen-bond donors (Lipinski definition) is 7. The van der Waals surface area contributed by atoms with E-state index in [1.807, 2.05) is 12.1 Å². The second-order valence-corrected chi connectivity index (χ2v) is 18.9. The lowest BCUT2D eigenvalue weighted by atomic mass is 9.92. The molecule has 5 fully saturated rings. The number of aromatic hydroxyl groups is 3. The van der Waals surface area contributed by atoms with Gasteiger partial charge in [0, 0.05) is 119 Å². The van der Waals surface area contributed by atoms with Gasteiger partial charge >= 0.3 is 0 Å². The fraction of sp³-hybridized carbons (Fsp3) is 0.532. The van der Waals surface area contributed by atoms with E-state index in [0.717, 1.165) is 75.7 Å². The number of pyridine rings is 1. The molecule has 356 valence electrons. The highest BCUT2D eigenvalue weighted by molar-refractivity contribution is 6.06. The average Bonchev–Trinajstić information content (AvgIpc) is 3.84. The van der Waals surface area contributed by atoms with E-state index in [1.165, 1.54) is 18.2 Å². The zero-order valence-corrected chi connectivity index (χ0v) is 37.9. The third-order valence-corrected chi connectivity index (χ3v) is 14.1. The van der Waals surface area contributed by atoms with Crippen LogP contribution in [0, 0.1) is 0 Å². The number of benzene rings is 2. The Kier molecular flexibility index (Phi) is 12.7. The van der Waals surface area contributed by atoms with Gasteiger partial charge in [0.05, 0.1) is 44.0 Å². The predicted octanol–water partition coefficient (Wildman–Crippen LogP) is 1.40. The quantitative estimate of drug-likeness (QED) is 0.0451. The zero-order chi connectivity index (χ0) is 46.2. The Labute approximate surface area is 388 Å². The third-order valence-electron chi connectivity index (χ3n) is 14.1. The van der Waals surface area contributed by atoms with Crippen LogP contribution in [0.3, 0.4) is 0 Å². The molecule has 8 heterocycles. The first-order valence-electron chi connectivity index (χ1n) is 23.5. The summed E-state index contributed by atoms with van der Waals surface area (Å²) in [5.41, 5.74) is 2.89. The van der Waals surface area contributed by atoms with Crippen molar-refractivity contribution in [2.45, 2.75) is 62.8 Å². The number of piperazine rings is 2. The number of carbonyl (C=O) groups excluding carboxylic acids is 3. The molecule has 0 spiro atoms. The summed E-state index contributed by atoms with van der Waals surface area (Å²) >= 11 is 0. The highest BCUT2D eigenvalue weighted by Gasteiger charge is 2.42. The zero-order valence-electron chi connectivity index (χ0n) is 37.9. The Morgan fingerprint density at radius 3 is 2.40 bits per heavy atom. The second kappa shape index (κ2) is 19.0. The van der Waals surface area contributed by atoms with Crippen molar-refractivity contribution in [3.63, 3.8) is 0 Å². The van der Waals surface area contributed by atoms with Gasteiger partial charge in [-0.3, -0.25) is 34.5 Å². The van der Waals surface area contributed by atoms with Gasteiger partial charge in [0.1, 0.15) is 34.6 Å². The molecule has 6 aliphatic rings. The summed E-state index contributed by atoms with van der Waals surface area (Å²) in [5, 5.41) is 46.2. The van der Waals surface area contributed by atoms with Gasteiger partial charge in [-0.2, -0.15) is 4.98 Å². The van der Waals surface area contributed by atoms with E-state index in [1.54, 1.807) is 17.2 Å². The van der Waals surface area contributed by atoms with Crippen LogP contribution in [0.15, 0.2) is 42.6 Å². The van der Waals surface area contributed by atoms with Gasteiger partial charge in [-0.05, 0) is 56.5 Å². The number of phenols is 2. The minimum absolute atomic E-state index is 0.0516. The predicted molar refractivity (Wildman–Crippen MR) is 249 cm³/mol. The molecule has 67 heavy (non-hydrogen) atoms. The summed E-state index contributed by atoms with van der Waals surface area (Å²) in [4.78, 5) is 62.5. The molecule has 10 rings (SSSR count). The first kappa shape index (κ1) is 44.9. The number of phenolic OH excluding ortho intramolecular Hbond substituents is 2. The molecule has 20 heteroatoms. The van der Waals surface area contributed by atoms with E-state index in [4.69, 9.17) is 19.4 Å². The van der Waals surface area contributed by atoms with Gasteiger partial charge in [-0.15, -0.1) is 0 Å². The second-order valence-electron chi connectivity index (χ2n) is 18.9. The maximum atomic E-state index is 13.2. The van der Waals surface area contributed by atoms with E-state index in [0.29, 0.717) is 100 Å². The number of amides is 3. The average molecular weight is 921 g/mol. The van der Waals surface area contributed by atoms with E-state index < -0.39 is 11.9 Å². The standard InChI is InChI=1S/C47H60N12O8/c1-47(26-58(27-47)46-53-41-34(43(54-46)57-23-29-5-6-30(24-57)51-29)22-48-40(42(41)63)33-21-31(60)7-9-38(33)61)50-11-17-66-19-20-67-18-16-55-12-14-56(15-13-55)28-49-36-4-2-3-32-35(36)25-59(45(32)65)37-8-10-39(62)52-44(37)64/h2-4,7,9,21-22,29-30,37,49-51,60-61,63H,5-6,8,10-20,23-28H2,1H3,(H,52,62,64). The molecule has 7 N–H and O–H groups in total. The monoisotopic (exact) mass is 920 g/mol. The van der Waals surface area contributed by atoms with Crippen LogP contribution in [0.25, 0.3) is 22.2 Å². The van der Waals surface area contributed by atoms with Crippen LogP contribution in [0.5, 0.6) is 17.2 Å². The molecule has 2 bridgehead atoms. The lowest BCUT2D eigenvalue weighted by Gasteiger charge is -2.48. The van der Waals surface area contributed by atoms with Crippen LogP contribution in [-0.4, -0.2) is 185 Å². The largest absolute Gasteiger partial charge is 0.508 e. The van der Waals surface area contributed by atoms with Crippen LogP contribution in [0.4, 0.5) is 17.5 Å². The van der Waals surface area contributed by atoms with Crippen molar-refractivity contribution in [3.8, 4) is 28.5 Å². The van der Waals surface area contributed by atoms with Crippen molar-refractivity contribution in [2.75, 3.05) is 114 Å². The Hall–Kier alpha value is -5.90. The lowest BCUT2D eigenvalue weighted by molar-refractivity contribution is -0.136. The van der Waals surface area contributed by atoms with Gasteiger partial charge in [0.2, 0.25) is 17.8 Å². The van der Waals surface area contributed by atoms with Crippen molar-refractivity contribution in [2.24, 2.45) is 0 Å². The number of nitrogens with one attached hydrogen (secondary N) is 4. The molecule has 3 amide bonds. The molecule has 2 aromatic heterocycles. The van der Waals surface area contributed by atoms with Crippen molar-refractivity contribution in [1.82, 2.24) is 45.6 Å². The van der Waals surface area contributed by atoms with Crippen LogP contribution >= 0.6 is 0 Å². The van der Waals surface area contributed by atoms with Crippen LogP contribution in [-0.2, 0) is 25.6 Å². The molecular formula is C47H60N12O8. The maximum absolute atomic E-state index is 13.2. The van der Waals surface area contributed by atoms with Crippen molar-refractivity contribution < 1.29 is 39.2 Å². The number of aromatic nitrogens is 3. The third kappa shape index (κ3) is 9.50. The Morgan fingerprint density at radius 2 is 1.63 bits per heavy atom. The van der Waals surface area contributed by atoms with E-state index in [9.17, 15) is 29.7 Å². The molecular weight excluding hydrogens is 861 g/mol. The topological polar surface area (TPSA) is 233 Å². The number of ether oxygens (including phenoxy) is 2. The minimum Gasteiger partial charge on any atom is -0.508 e. The fourth-order valence-corrected chi connectivity index (χ4v) is 10.4. The Bertz CT molecular complexity index is 2500.